The Bertz CT molecular complexity index is 579. The monoisotopic (exact) mass is 371 g/mol. The van der Waals surface area contributed by atoms with Gasteiger partial charge in [-0.2, -0.15) is 11.8 Å². The van der Waals surface area contributed by atoms with Crippen LogP contribution in [-0.4, -0.2) is 34.7 Å². The van der Waals surface area contributed by atoms with Crippen molar-refractivity contribution < 1.29 is 14.6 Å². The summed E-state index contributed by atoms with van der Waals surface area (Å²) in [5, 5.41) is 10.1. The fraction of sp³-hybridized carbons (Fsp3) is 0.611. The molecule has 0 amide bonds. The van der Waals surface area contributed by atoms with Crippen molar-refractivity contribution in [1.29, 1.82) is 0 Å². The van der Waals surface area contributed by atoms with Gasteiger partial charge in [0.1, 0.15) is 5.75 Å². The second kappa shape index (κ2) is 8.45. The van der Waals surface area contributed by atoms with E-state index in [0.29, 0.717) is 18.3 Å². The number of halogens is 1. The van der Waals surface area contributed by atoms with E-state index in [2.05, 4.69) is 18.7 Å². The minimum absolute atomic E-state index is 0.0843. The van der Waals surface area contributed by atoms with Crippen LogP contribution in [0.25, 0.3) is 0 Å². The van der Waals surface area contributed by atoms with E-state index in [-0.39, 0.29) is 23.2 Å². The second-order valence-electron chi connectivity index (χ2n) is 6.67. The molecule has 2 atom stereocenters. The van der Waals surface area contributed by atoms with Gasteiger partial charge in [-0.1, -0.05) is 19.9 Å². The van der Waals surface area contributed by atoms with Crippen LogP contribution < -0.4 is 4.84 Å². The summed E-state index contributed by atoms with van der Waals surface area (Å²) in [4.78, 5) is 14.4. The normalized spacial score (nSPS) is 22.0. The Kier molecular flexibility index (Phi) is 6.84. The van der Waals surface area contributed by atoms with E-state index >= 15 is 0 Å². The van der Waals surface area contributed by atoms with Crippen molar-refractivity contribution >= 4 is 29.5 Å². The Morgan fingerprint density at radius 2 is 2.25 bits per heavy atom. The zero-order valence-electron chi connectivity index (χ0n) is 14.5. The third kappa shape index (κ3) is 4.38. The van der Waals surface area contributed by atoms with Gasteiger partial charge in [-0.3, -0.25) is 4.79 Å². The minimum atomic E-state index is -0.188. The molecule has 2 rings (SSSR count). The summed E-state index contributed by atoms with van der Waals surface area (Å²) < 4.78 is 4.96. The first-order chi connectivity index (χ1) is 11.4. The van der Waals surface area contributed by atoms with Gasteiger partial charge in [-0.25, -0.2) is 4.84 Å². The van der Waals surface area contributed by atoms with Crippen LogP contribution in [-0.2, 0) is 21.4 Å². The molecule has 1 aliphatic carbocycles. The Morgan fingerprint density at radius 1 is 1.50 bits per heavy atom. The maximum Gasteiger partial charge on any atom is 0.305 e. The van der Waals surface area contributed by atoms with Crippen molar-refractivity contribution in [3.63, 3.8) is 0 Å². The predicted octanol–water partition coefficient (Wildman–Crippen LogP) is 3.78. The SMILES string of the molecule is CCOC(=O)CCCSC1Cc2ccc(O)cc2C(C)(C)C1NCl. The van der Waals surface area contributed by atoms with Crippen LogP contribution in [0.1, 0.15) is 44.7 Å². The van der Waals surface area contributed by atoms with Crippen molar-refractivity contribution in [3.8, 4) is 5.75 Å². The van der Waals surface area contributed by atoms with E-state index in [1.54, 1.807) is 6.07 Å². The summed E-state index contributed by atoms with van der Waals surface area (Å²) in [6.45, 7) is 6.56. The van der Waals surface area contributed by atoms with E-state index in [1.807, 2.05) is 30.8 Å². The van der Waals surface area contributed by atoms with Gasteiger partial charge in [0.15, 0.2) is 0 Å². The molecule has 0 aliphatic heterocycles. The number of benzene rings is 1. The highest BCUT2D eigenvalue weighted by Gasteiger charge is 2.42. The Balaban J connectivity index is 2.03. The molecule has 0 fully saturated rings. The molecule has 0 radical (unpaired) electrons. The highest BCUT2D eigenvalue weighted by molar-refractivity contribution is 7.99. The number of fused-ring (bicyclic) bond motifs is 1. The number of phenols is 1. The molecule has 1 aliphatic rings. The summed E-state index contributed by atoms with van der Waals surface area (Å²) >= 11 is 7.91. The van der Waals surface area contributed by atoms with Crippen molar-refractivity contribution in [2.24, 2.45) is 0 Å². The van der Waals surface area contributed by atoms with Crippen LogP contribution in [0.5, 0.6) is 5.75 Å². The first-order valence-electron chi connectivity index (χ1n) is 8.36. The van der Waals surface area contributed by atoms with Crippen molar-refractivity contribution in [1.82, 2.24) is 4.84 Å². The van der Waals surface area contributed by atoms with E-state index in [1.165, 1.54) is 5.56 Å². The Hall–Kier alpha value is -0.910. The van der Waals surface area contributed by atoms with Crippen LogP contribution in [0.2, 0.25) is 0 Å². The van der Waals surface area contributed by atoms with Gasteiger partial charge in [-0.15, -0.1) is 0 Å². The lowest BCUT2D eigenvalue weighted by atomic mass is 9.69. The molecule has 134 valence electrons. The number of aromatic hydroxyl groups is 1. The number of phenolic OH excluding ortho intramolecular Hbond substituents is 1. The summed E-state index contributed by atoms with van der Waals surface area (Å²) in [6, 6.07) is 5.67. The third-order valence-electron chi connectivity index (χ3n) is 4.64. The molecule has 0 bridgehead atoms. The summed E-state index contributed by atoms with van der Waals surface area (Å²) in [5.74, 6) is 1.05. The quantitative estimate of drug-likeness (QED) is 0.434. The predicted molar refractivity (Wildman–Crippen MR) is 99.7 cm³/mol. The Labute approximate surface area is 153 Å². The minimum Gasteiger partial charge on any atom is -0.508 e. The molecular formula is C18H26ClNO3S. The molecular weight excluding hydrogens is 346 g/mol. The first-order valence-corrected chi connectivity index (χ1v) is 9.78. The summed E-state index contributed by atoms with van der Waals surface area (Å²) in [5.41, 5.74) is 2.21. The zero-order valence-corrected chi connectivity index (χ0v) is 16.0. The number of nitrogens with one attached hydrogen (secondary N) is 1. The smallest absolute Gasteiger partial charge is 0.305 e. The average molecular weight is 372 g/mol. The molecule has 0 aromatic heterocycles. The third-order valence-corrected chi connectivity index (χ3v) is 6.26. The van der Waals surface area contributed by atoms with Crippen LogP contribution in [0.4, 0.5) is 0 Å². The van der Waals surface area contributed by atoms with Crippen LogP contribution in [0, 0.1) is 0 Å². The lowest BCUT2D eigenvalue weighted by Crippen LogP contribution is -2.52. The number of carbonyl (C=O) groups excluding carboxylic acids is 1. The van der Waals surface area contributed by atoms with Crippen LogP contribution >= 0.6 is 23.5 Å². The number of hydrogen-bond acceptors (Lipinski definition) is 5. The average Bonchev–Trinajstić information content (AvgIpc) is 2.52. The van der Waals surface area contributed by atoms with Crippen molar-refractivity contribution in [2.45, 2.75) is 56.7 Å². The maximum absolute atomic E-state index is 11.4. The number of ether oxygens (including phenoxy) is 1. The first kappa shape index (κ1) is 19.4. The van der Waals surface area contributed by atoms with Crippen molar-refractivity contribution in [2.75, 3.05) is 12.4 Å². The van der Waals surface area contributed by atoms with Gasteiger partial charge in [-0.05, 0) is 60.6 Å². The molecule has 2 N–H and O–H groups in total. The highest BCUT2D eigenvalue weighted by atomic mass is 35.5. The highest BCUT2D eigenvalue weighted by Crippen LogP contribution is 2.42. The number of hydrogen-bond donors (Lipinski definition) is 2. The molecule has 1 aromatic rings. The van der Waals surface area contributed by atoms with Gasteiger partial charge in [0.25, 0.3) is 0 Å². The van der Waals surface area contributed by atoms with E-state index < -0.39 is 0 Å². The van der Waals surface area contributed by atoms with E-state index in [4.69, 9.17) is 16.5 Å². The van der Waals surface area contributed by atoms with E-state index in [9.17, 15) is 9.90 Å². The molecule has 0 heterocycles. The molecule has 24 heavy (non-hydrogen) atoms. The number of esters is 1. The molecule has 1 aromatic carbocycles. The second-order valence-corrected chi connectivity index (χ2v) is 8.24. The molecule has 4 nitrogen and oxygen atoms in total. The van der Waals surface area contributed by atoms with Gasteiger partial charge in [0.2, 0.25) is 0 Å². The largest absolute Gasteiger partial charge is 0.508 e. The maximum atomic E-state index is 11.4. The van der Waals surface area contributed by atoms with Gasteiger partial charge in [0.05, 0.1) is 6.61 Å². The molecule has 0 saturated carbocycles. The molecule has 2 unspecified atom stereocenters. The van der Waals surface area contributed by atoms with Gasteiger partial charge < -0.3 is 9.84 Å². The fourth-order valence-electron chi connectivity index (χ4n) is 3.36. The lowest BCUT2D eigenvalue weighted by molar-refractivity contribution is -0.143. The Morgan fingerprint density at radius 3 is 2.92 bits per heavy atom. The van der Waals surface area contributed by atoms with Crippen LogP contribution in [0.3, 0.4) is 0 Å². The molecule has 0 saturated heterocycles. The standard InChI is InChI=1S/C18H26ClNO3S/c1-4-23-16(22)6-5-9-24-15-10-12-7-8-13(21)11-14(12)18(2,3)17(15)20-19/h7-8,11,15,17,20-21H,4-6,9-10H2,1-3H3. The number of rotatable bonds is 7. The summed E-state index contributed by atoms with van der Waals surface area (Å²) in [6.07, 6.45) is 2.16. The number of thioether (sulfide) groups is 1. The fourth-order valence-corrected chi connectivity index (χ4v) is 5.37. The van der Waals surface area contributed by atoms with Crippen LogP contribution in [0.15, 0.2) is 18.2 Å². The molecule has 6 heteroatoms. The van der Waals surface area contributed by atoms with Crippen molar-refractivity contribution in [3.05, 3.63) is 29.3 Å². The zero-order chi connectivity index (χ0) is 17.7. The topological polar surface area (TPSA) is 58.6 Å². The molecule has 0 spiro atoms. The number of carbonyl (C=O) groups is 1. The summed E-state index contributed by atoms with van der Waals surface area (Å²) in [7, 11) is 0. The van der Waals surface area contributed by atoms with Gasteiger partial charge in [0, 0.05) is 23.1 Å². The lowest BCUT2D eigenvalue weighted by Gasteiger charge is -2.44. The van der Waals surface area contributed by atoms with Gasteiger partial charge >= 0.3 is 5.97 Å². The van der Waals surface area contributed by atoms with E-state index in [0.717, 1.165) is 24.2 Å².